The molecule has 0 fully saturated rings. The number of carbonyl (C=O) groups is 2. The molecule has 0 N–H and O–H groups in total. The molecule has 0 bridgehead atoms. The van der Waals surface area contributed by atoms with Gasteiger partial charge in [0.15, 0.2) is 5.82 Å². The molecule has 0 atom stereocenters. The summed E-state index contributed by atoms with van der Waals surface area (Å²) >= 11 is 9.68. The highest BCUT2D eigenvalue weighted by Crippen LogP contribution is 2.32. The van der Waals surface area contributed by atoms with Crippen LogP contribution in [0.3, 0.4) is 0 Å². The van der Waals surface area contributed by atoms with E-state index in [9.17, 15) is 9.59 Å². The van der Waals surface area contributed by atoms with Crippen molar-refractivity contribution in [1.29, 1.82) is 0 Å². The van der Waals surface area contributed by atoms with Gasteiger partial charge in [0.1, 0.15) is 11.2 Å². The number of hydrogen-bond donors (Lipinski definition) is 0. The van der Waals surface area contributed by atoms with Crippen LogP contribution in [0.2, 0.25) is 5.02 Å². The van der Waals surface area contributed by atoms with Crippen molar-refractivity contribution in [2.24, 2.45) is 0 Å². The van der Waals surface area contributed by atoms with Gasteiger partial charge in [-0.15, -0.1) is 0 Å². The first-order valence-corrected chi connectivity index (χ1v) is 10.2. The van der Waals surface area contributed by atoms with Crippen molar-refractivity contribution in [3.63, 3.8) is 0 Å². The molecule has 8 heteroatoms. The molecule has 2 rings (SSSR count). The lowest BCUT2D eigenvalue weighted by Crippen LogP contribution is -2.44. The van der Waals surface area contributed by atoms with Gasteiger partial charge < -0.3 is 9.47 Å². The van der Waals surface area contributed by atoms with Gasteiger partial charge in [-0.2, -0.15) is 4.90 Å². The molecule has 152 valence electrons. The first-order valence-electron chi connectivity index (χ1n) is 8.71. The van der Waals surface area contributed by atoms with E-state index in [1.165, 1.54) is 6.20 Å². The topological polar surface area (TPSA) is 68.7 Å². The Morgan fingerprint density at radius 3 is 2.07 bits per heavy atom. The van der Waals surface area contributed by atoms with Gasteiger partial charge in [0.2, 0.25) is 0 Å². The van der Waals surface area contributed by atoms with Crippen LogP contribution in [-0.4, -0.2) is 28.4 Å². The number of rotatable bonds is 2. The third kappa shape index (κ3) is 5.58. The highest BCUT2D eigenvalue weighted by molar-refractivity contribution is 9.08. The zero-order valence-corrected chi connectivity index (χ0v) is 19.1. The molecule has 2 aromatic rings. The first kappa shape index (κ1) is 22.4. The Bertz CT molecular complexity index is 875. The maximum Gasteiger partial charge on any atom is 0.425 e. The van der Waals surface area contributed by atoms with Gasteiger partial charge in [-0.25, -0.2) is 14.6 Å². The van der Waals surface area contributed by atoms with Crippen LogP contribution in [0.5, 0.6) is 0 Å². The maximum atomic E-state index is 12.9. The summed E-state index contributed by atoms with van der Waals surface area (Å²) in [6.45, 7) is 10.3. The fourth-order valence-electron chi connectivity index (χ4n) is 2.37. The molecule has 0 radical (unpaired) electrons. The molecule has 2 amide bonds. The van der Waals surface area contributed by atoms with Crippen molar-refractivity contribution in [2.75, 3.05) is 4.90 Å². The Labute approximate surface area is 178 Å². The van der Waals surface area contributed by atoms with Crippen LogP contribution < -0.4 is 4.90 Å². The van der Waals surface area contributed by atoms with E-state index in [4.69, 9.17) is 21.1 Å². The minimum atomic E-state index is -0.864. The standard InChI is InChI=1S/C20H24BrClN2O4/c1-19(2,3)27-17(25)24(18(26)28-20(4,5)6)16-14-9-13(11-21)15(22)10-12(14)7-8-23-16/h7-10H,11H2,1-6H3. The molecular weight excluding hydrogens is 448 g/mol. The van der Waals surface area contributed by atoms with E-state index in [0.717, 1.165) is 15.8 Å². The number of benzene rings is 1. The third-order valence-electron chi connectivity index (χ3n) is 3.42. The van der Waals surface area contributed by atoms with Crippen LogP contribution in [0.4, 0.5) is 15.4 Å². The largest absolute Gasteiger partial charge is 0.443 e. The van der Waals surface area contributed by atoms with Crippen LogP contribution in [-0.2, 0) is 14.8 Å². The van der Waals surface area contributed by atoms with Gasteiger partial charge in [-0.1, -0.05) is 27.5 Å². The molecule has 6 nitrogen and oxygen atoms in total. The molecule has 0 unspecified atom stereocenters. The molecule has 0 aliphatic heterocycles. The number of anilines is 1. The molecule has 1 aromatic heterocycles. The van der Waals surface area contributed by atoms with Crippen molar-refractivity contribution in [1.82, 2.24) is 4.98 Å². The Kier molecular flexibility index (Phi) is 6.61. The fraction of sp³-hybridized carbons (Fsp3) is 0.450. The highest BCUT2D eigenvalue weighted by atomic mass is 79.9. The normalized spacial score (nSPS) is 12.0. The summed E-state index contributed by atoms with van der Waals surface area (Å²) in [5.74, 6) is 0.125. The molecule has 0 aliphatic rings. The average Bonchev–Trinajstić information content (AvgIpc) is 2.51. The van der Waals surface area contributed by atoms with Gasteiger partial charge in [0.05, 0.1) is 0 Å². The number of halogens is 2. The van der Waals surface area contributed by atoms with Crippen LogP contribution in [0.25, 0.3) is 10.8 Å². The lowest BCUT2D eigenvalue weighted by molar-refractivity contribution is 0.0429. The summed E-state index contributed by atoms with van der Waals surface area (Å²) < 4.78 is 10.9. The average molecular weight is 472 g/mol. The zero-order chi connectivity index (χ0) is 21.3. The second kappa shape index (κ2) is 8.25. The summed E-state index contributed by atoms with van der Waals surface area (Å²) in [7, 11) is 0. The highest BCUT2D eigenvalue weighted by Gasteiger charge is 2.34. The van der Waals surface area contributed by atoms with E-state index < -0.39 is 23.4 Å². The van der Waals surface area contributed by atoms with E-state index >= 15 is 0 Å². The second-order valence-corrected chi connectivity index (χ2v) is 9.20. The molecule has 1 aromatic carbocycles. The smallest absolute Gasteiger partial charge is 0.425 e. The second-order valence-electron chi connectivity index (χ2n) is 8.23. The van der Waals surface area contributed by atoms with Gasteiger partial charge in [0.25, 0.3) is 0 Å². The van der Waals surface area contributed by atoms with Crippen LogP contribution in [0, 0.1) is 0 Å². The lowest BCUT2D eigenvalue weighted by Gasteiger charge is -2.28. The number of alkyl halides is 1. The SMILES string of the molecule is CC(C)(C)OC(=O)N(C(=O)OC(C)(C)C)c1nccc2cc(Cl)c(CBr)cc12. The predicted octanol–water partition coefficient (Wildman–Crippen LogP) is 6.46. The Morgan fingerprint density at radius 1 is 1.07 bits per heavy atom. The number of amides is 2. The lowest BCUT2D eigenvalue weighted by atomic mass is 10.1. The summed E-state index contributed by atoms with van der Waals surface area (Å²) in [6.07, 6.45) is -0.224. The van der Waals surface area contributed by atoms with Crippen molar-refractivity contribution >= 4 is 56.3 Å². The number of nitrogens with zero attached hydrogens (tertiary/aromatic N) is 2. The van der Waals surface area contributed by atoms with Gasteiger partial charge in [-0.3, -0.25) is 0 Å². The number of pyridine rings is 1. The summed E-state index contributed by atoms with van der Waals surface area (Å²) in [6, 6.07) is 5.31. The van der Waals surface area contributed by atoms with E-state index in [1.54, 1.807) is 59.7 Å². The van der Waals surface area contributed by atoms with Crippen molar-refractivity contribution < 1.29 is 19.1 Å². The van der Waals surface area contributed by atoms with Crippen molar-refractivity contribution in [3.05, 3.63) is 35.0 Å². The molecule has 0 saturated carbocycles. The predicted molar refractivity (Wildman–Crippen MR) is 114 cm³/mol. The number of fused-ring (bicyclic) bond motifs is 1. The number of imide groups is 1. The fourth-order valence-corrected chi connectivity index (χ4v) is 3.23. The van der Waals surface area contributed by atoms with Crippen molar-refractivity contribution in [3.8, 4) is 0 Å². The minimum absolute atomic E-state index is 0.125. The molecule has 1 heterocycles. The maximum absolute atomic E-state index is 12.9. The minimum Gasteiger partial charge on any atom is -0.443 e. The Hall–Kier alpha value is -1.86. The third-order valence-corrected chi connectivity index (χ3v) is 4.37. The van der Waals surface area contributed by atoms with Gasteiger partial charge in [0, 0.05) is 21.9 Å². The Balaban J connectivity index is 2.65. The van der Waals surface area contributed by atoms with Crippen molar-refractivity contribution in [2.45, 2.75) is 58.1 Å². The van der Waals surface area contributed by atoms with Gasteiger partial charge >= 0.3 is 12.2 Å². The molecule has 0 aliphatic carbocycles. The number of carbonyl (C=O) groups excluding carboxylic acids is 2. The molecule has 0 spiro atoms. The van der Waals surface area contributed by atoms with E-state index in [-0.39, 0.29) is 5.82 Å². The zero-order valence-electron chi connectivity index (χ0n) is 16.8. The summed E-state index contributed by atoms with van der Waals surface area (Å²) in [5, 5.41) is 2.40. The van der Waals surface area contributed by atoms with E-state index in [0.29, 0.717) is 15.7 Å². The summed E-state index contributed by atoms with van der Waals surface area (Å²) in [5.41, 5.74) is -0.796. The molecule has 28 heavy (non-hydrogen) atoms. The van der Waals surface area contributed by atoms with Crippen LogP contribution in [0.15, 0.2) is 24.4 Å². The van der Waals surface area contributed by atoms with Crippen LogP contribution in [0.1, 0.15) is 47.1 Å². The number of aromatic nitrogens is 1. The summed E-state index contributed by atoms with van der Waals surface area (Å²) in [4.78, 5) is 30.9. The first-order chi connectivity index (χ1) is 12.8. The van der Waals surface area contributed by atoms with Crippen LogP contribution >= 0.6 is 27.5 Å². The van der Waals surface area contributed by atoms with Gasteiger partial charge in [-0.05, 0) is 70.7 Å². The van der Waals surface area contributed by atoms with E-state index in [1.807, 2.05) is 0 Å². The molecule has 0 saturated heterocycles. The monoisotopic (exact) mass is 470 g/mol. The number of hydrogen-bond acceptors (Lipinski definition) is 5. The van der Waals surface area contributed by atoms with E-state index in [2.05, 4.69) is 20.9 Å². The number of ether oxygens (including phenoxy) is 2. The molecular formula is C20H24BrClN2O4. The Morgan fingerprint density at radius 2 is 1.61 bits per heavy atom. The quantitative estimate of drug-likeness (QED) is 0.470.